The van der Waals surface area contributed by atoms with Crippen molar-refractivity contribution in [3.05, 3.63) is 36.0 Å². The van der Waals surface area contributed by atoms with E-state index in [1.165, 1.54) is 0 Å². The molecule has 1 rings (SSSR count). The Kier molecular flexibility index (Phi) is 2.40. The standard InChI is InChI=1S/C8H11N2/c1-7(6-9)8-4-2-3-5-10-8/h2-5H,6,9H2,1H3. The first-order chi connectivity index (χ1) is 4.84. The van der Waals surface area contributed by atoms with Gasteiger partial charge >= 0.3 is 0 Å². The molecule has 0 atom stereocenters. The lowest BCUT2D eigenvalue weighted by molar-refractivity contribution is 0.956. The van der Waals surface area contributed by atoms with E-state index >= 15 is 0 Å². The van der Waals surface area contributed by atoms with Gasteiger partial charge in [0.15, 0.2) is 0 Å². The SMILES string of the molecule is C[C](CN)c1ccccn1. The van der Waals surface area contributed by atoms with Gasteiger partial charge in [0.2, 0.25) is 0 Å². The first kappa shape index (κ1) is 7.22. The Hall–Kier alpha value is -0.890. The van der Waals surface area contributed by atoms with Crippen molar-refractivity contribution in [3.63, 3.8) is 0 Å². The molecule has 10 heavy (non-hydrogen) atoms. The molecule has 0 unspecified atom stereocenters. The molecule has 1 heterocycles. The summed E-state index contributed by atoms with van der Waals surface area (Å²) in [4.78, 5) is 4.13. The summed E-state index contributed by atoms with van der Waals surface area (Å²) < 4.78 is 0. The monoisotopic (exact) mass is 135 g/mol. The summed E-state index contributed by atoms with van der Waals surface area (Å²) in [7, 11) is 0. The van der Waals surface area contributed by atoms with Crippen molar-refractivity contribution >= 4 is 0 Å². The summed E-state index contributed by atoms with van der Waals surface area (Å²) in [6, 6.07) is 5.82. The molecule has 53 valence electrons. The Morgan fingerprint density at radius 1 is 1.60 bits per heavy atom. The summed E-state index contributed by atoms with van der Waals surface area (Å²) in [5.74, 6) is 1.13. The normalized spacial score (nSPS) is 10.3. The lowest BCUT2D eigenvalue weighted by Gasteiger charge is -2.04. The van der Waals surface area contributed by atoms with E-state index < -0.39 is 0 Å². The van der Waals surface area contributed by atoms with E-state index in [9.17, 15) is 0 Å². The molecule has 0 spiro atoms. The van der Waals surface area contributed by atoms with Gasteiger partial charge in [-0.15, -0.1) is 0 Å². The molecular weight excluding hydrogens is 124 g/mol. The van der Waals surface area contributed by atoms with Gasteiger partial charge in [-0.25, -0.2) is 0 Å². The van der Waals surface area contributed by atoms with E-state index in [-0.39, 0.29) is 0 Å². The molecule has 1 aromatic heterocycles. The first-order valence-electron chi connectivity index (χ1n) is 3.28. The number of nitrogens with two attached hydrogens (primary N) is 1. The maximum absolute atomic E-state index is 5.43. The maximum Gasteiger partial charge on any atom is 0.0485 e. The van der Waals surface area contributed by atoms with E-state index in [4.69, 9.17) is 5.73 Å². The molecule has 0 aliphatic rings. The zero-order chi connectivity index (χ0) is 7.40. The van der Waals surface area contributed by atoms with Gasteiger partial charge in [-0.05, 0) is 12.1 Å². The third kappa shape index (κ3) is 1.54. The van der Waals surface area contributed by atoms with E-state index in [0.717, 1.165) is 11.6 Å². The van der Waals surface area contributed by atoms with Gasteiger partial charge < -0.3 is 5.73 Å². The highest BCUT2D eigenvalue weighted by Gasteiger charge is 2.02. The minimum atomic E-state index is 0.580. The summed E-state index contributed by atoms with van der Waals surface area (Å²) in [6.07, 6.45) is 1.77. The predicted molar refractivity (Wildman–Crippen MR) is 41.3 cm³/mol. The number of hydrogen-bond acceptors (Lipinski definition) is 2. The van der Waals surface area contributed by atoms with Crippen molar-refractivity contribution in [2.45, 2.75) is 6.92 Å². The van der Waals surface area contributed by atoms with Crippen molar-refractivity contribution < 1.29 is 0 Å². The lowest BCUT2D eigenvalue weighted by atomic mass is 10.1. The fraction of sp³-hybridized carbons (Fsp3) is 0.250. The Bertz CT molecular complexity index is 184. The minimum Gasteiger partial charge on any atom is -0.330 e. The number of nitrogens with zero attached hydrogens (tertiary/aromatic N) is 1. The number of hydrogen-bond donors (Lipinski definition) is 1. The van der Waals surface area contributed by atoms with E-state index in [1.54, 1.807) is 6.20 Å². The van der Waals surface area contributed by atoms with Crippen LogP contribution in [0.5, 0.6) is 0 Å². The minimum absolute atomic E-state index is 0.580. The highest BCUT2D eigenvalue weighted by Crippen LogP contribution is 2.06. The molecule has 0 aromatic carbocycles. The van der Waals surface area contributed by atoms with Crippen LogP contribution < -0.4 is 5.73 Å². The molecular formula is C8H11N2. The van der Waals surface area contributed by atoms with Gasteiger partial charge in [-0.3, -0.25) is 4.98 Å². The van der Waals surface area contributed by atoms with Crippen molar-refractivity contribution in [2.75, 3.05) is 6.54 Å². The number of rotatable bonds is 2. The molecule has 2 N–H and O–H groups in total. The molecule has 1 aromatic rings. The van der Waals surface area contributed by atoms with E-state index in [1.807, 2.05) is 25.1 Å². The van der Waals surface area contributed by atoms with E-state index in [2.05, 4.69) is 4.98 Å². The number of aromatic nitrogens is 1. The maximum atomic E-state index is 5.43. The third-order valence-electron chi connectivity index (χ3n) is 1.41. The van der Waals surface area contributed by atoms with Gasteiger partial charge in [-0.2, -0.15) is 0 Å². The largest absolute Gasteiger partial charge is 0.330 e. The molecule has 1 radical (unpaired) electrons. The summed E-state index contributed by atoms with van der Waals surface area (Å²) in [6.45, 7) is 2.57. The Balaban J connectivity index is 2.75. The Labute approximate surface area is 61.1 Å². The smallest absolute Gasteiger partial charge is 0.0485 e. The van der Waals surface area contributed by atoms with Gasteiger partial charge in [-0.1, -0.05) is 13.0 Å². The zero-order valence-electron chi connectivity index (χ0n) is 6.04. The third-order valence-corrected chi connectivity index (χ3v) is 1.41. The molecule has 2 nitrogen and oxygen atoms in total. The van der Waals surface area contributed by atoms with Crippen LogP contribution in [0.15, 0.2) is 24.4 Å². The lowest BCUT2D eigenvalue weighted by Crippen LogP contribution is -2.10. The van der Waals surface area contributed by atoms with Crippen LogP contribution in [0.3, 0.4) is 0 Å². The molecule has 2 heteroatoms. The van der Waals surface area contributed by atoms with Crippen LogP contribution in [-0.2, 0) is 0 Å². The second kappa shape index (κ2) is 3.32. The molecule has 0 saturated heterocycles. The quantitative estimate of drug-likeness (QED) is 0.656. The molecule has 0 bridgehead atoms. The van der Waals surface area contributed by atoms with Crippen LogP contribution in [0.1, 0.15) is 12.6 Å². The van der Waals surface area contributed by atoms with Crippen LogP contribution in [0, 0.1) is 5.92 Å². The fourth-order valence-electron chi connectivity index (χ4n) is 0.720. The van der Waals surface area contributed by atoms with Crippen molar-refractivity contribution in [3.8, 4) is 0 Å². The van der Waals surface area contributed by atoms with Gasteiger partial charge in [0.25, 0.3) is 0 Å². The van der Waals surface area contributed by atoms with Crippen molar-refractivity contribution in [2.24, 2.45) is 5.73 Å². The van der Waals surface area contributed by atoms with Gasteiger partial charge in [0, 0.05) is 24.4 Å². The summed E-state index contributed by atoms with van der Waals surface area (Å²) >= 11 is 0. The fourth-order valence-corrected chi connectivity index (χ4v) is 0.720. The molecule has 0 saturated carbocycles. The first-order valence-corrected chi connectivity index (χ1v) is 3.28. The number of pyridine rings is 1. The Morgan fingerprint density at radius 2 is 2.40 bits per heavy atom. The van der Waals surface area contributed by atoms with Crippen LogP contribution in [0.25, 0.3) is 0 Å². The van der Waals surface area contributed by atoms with Crippen molar-refractivity contribution in [1.29, 1.82) is 0 Å². The van der Waals surface area contributed by atoms with Crippen LogP contribution in [-0.4, -0.2) is 11.5 Å². The molecule has 0 aliphatic carbocycles. The van der Waals surface area contributed by atoms with Gasteiger partial charge in [0.1, 0.15) is 0 Å². The van der Waals surface area contributed by atoms with Crippen LogP contribution >= 0.6 is 0 Å². The van der Waals surface area contributed by atoms with Crippen LogP contribution in [0.2, 0.25) is 0 Å². The Morgan fingerprint density at radius 3 is 2.90 bits per heavy atom. The summed E-state index contributed by atoms with van der Waals surface area (Å²) in [5.41, 5.74) is 6.42. The second-order valence-electron chi connectivity index (χ2n) is 2.20. The zero-order valence-corrected chi connectivity index (χ0v) is 6.04. The second-order valence-corrected chi connectivity index (χ2v) is 2.20. The topological polar surface area (TPSA) is 38.9 Å². The van der Waals surface area contributed by atoms with Crippen LogP contribution in [0.4, 0.5) is 0 Å². The van der Waals surface area contributed by atoms with E-state index in [0.29, 0.717) is 6.54 Å². The highest BCUT2D eigenvalue weighted by atomic mass is 14.7. The van der Waals surface area contributed by atoms with Gasteiger partial charge in [0.05, 0.1) is 0 Å². The van der Waals surface area contributed by atoms with Crippen molar-refractivity contribution in [1.82, 2.24) is 4.98 Å². The highest BCUT2D eigenvalue weighted by molar-refractivity contribution is 5.21. The molecule has 0 aliphatic heterocycles. The molecule has 0 amide bonds. The average Bonchev–Trinajstić information content (AvgIpc) is 2.05. The average molecular weight is 135 g/mol. The summed E-state index contributed by atoms with van der Waals surface area (Å²) in [5, 5.41) is 0. The molecule has 0 fully saturated rings. The predicted octanol–water partition coefficient (Wildman–Crippen LogP) is 0.983.